The Bertz CT molecular complexity index is 635. The minimum absolute atomic E-state index is 0.134. The maximum absolute atomic E-state index is 11.1. The van der Waals surface area contributed by atoms with Crippen molar-refractivity contribution in [1.29, 1.82) is 5.26 Å². The topological polar surface area (TPSA) is 56.6 Å². The smallest absolute Gasteiger partial charge is 0.123 e. The number of fused-ring (bicyclic) bond motifs is 1. The number of hydrogen-bond donors (Lipinski definition) is 1. The lowest BCUT2D eigenvalue weighted by molar-refractivity contribution is -0.111. The van der Waals surface area contributed by atoms with E-state index < -0.39 is 0 Å². The van der Waals surface area contributed by atoms with Crippen LogP contribution in [-0.4, -0.2) is 11.3 Å². The molecule has 0 spiro atoms. The number of nitrogens with zero attached hydrogens (tertiary/aromatic N) is 1. The minimum Gasteiger partial charge on any atom is -0.361 e. The average molecular weight is 238 g/mol. The van der Waals surface area contributed by atoms with Gasteiger partial charge in [-0.2, -0.15) is 5.26 Å². The van der Waals surface area contributed by atoms with E-state index in [9.17, 15) is 4.79 Å². The van der Waals surface area contributed by atoms with Crippen LogP contribution in [0, 0.1) is 17.2 Å². The molecule has 0 radical (unpaired) electrons. The van der Waals surface area contributed by atoms with Crippen molar-refractivity contribution in [3.05, 3.63) is 35.5 Å². The van der Waals surface area contributed by atoms with Crippen molar-refractivity contribution in [2.45, 2.75) is 25.2 Å². The van der Waals surface area contributed by atoms with Crippen LogP contribution in [0.15, 0.2) is 24.4 Å². The van der Waals surface area contributed by atoms with Crippen molar-refractivity contribution in [2.75, 3.05) is 0 Å². The Labute approximate surface area is 105 Å². The summed E-state index contributed by atoms with van der Waals surface area (Å²) in [5, 5.41) is 10.1. The molecule has 3 heteroatoms. The summed E-state index contributed by atoms with van der Waals surface area (Å²) in [5.41, 5.74) is 2.90. The SMILES string of the molecule is N#Cc1ccc2[nH]cc([C@H]3CCC[C@@H]3C=O)c2c1. The van der Waals surface area contributed by atoms with Crippen molar-refractivity contribution in [2.24, 2.45) is 5.92 Å². The summed E-state index contributed by atoms with van der Waals surface area (Å²) < 4.78 is 0. The molecule has 0 aliphatic heterocycles. The van der Waals surface area contributed by atoms with Gasteiger partial charge in [-0.3, -0.25) is 0 Å². The number of aldehydes is 1. The van der Waals surface area contributed by atoms with Crippen molar-refractivity contribution < 1.29 is 4.79 Å². The van der Waals surface area contributed by atoms with Gasteiger partial charge in [0.2, 0.25) is 0 Å². The van der Waals surface area contributed by atoms with Gasteiger partial charge >= 0.3 is 0 Å². The number of aromatic amines is 1. The zero-order chi connectivity index (χ0) is 12.5. The predicted molar refractivity (Wildman–Crippen MR) is 69.2 cm³/mol. The average Bonchev–Trinajstić information content (AvgIpc) is 3.03. The standard InChI is InChI=1S/C15H14N2O/c16-7-10-4-5-15-13(6-10)14(8-17-15)12-3-1-2-11(12)9-18/h4-6,8-9,11-12,17H,1-3H2/t11-,12+/m1/s1. The molecule has 90 valence electrons. The highest BCUT2D eigenvalue weighted by Crippen LogP contribution is 2.41. The molecular formula is C15H14N2O. The fourth-order valence-electron chi connectivity index (χ4n) is 3.06. The second-order valence-electron chi connectivity index (χ2n) is 4.95. The Hall–Kier alpha value is -2.08. The van der Waals surface area contributed by atoms with Crippen LogP contribution in [0.4, 0.5) is 0 Å². The van der Waals surface area contributed by atoms with Gasteiger partial charge in [-0.15, -0.1) is 0 Å². The first-order chi connectivity index (χ1) is 8.83. The Kier molecular flexibility index (Phi) is 2.64. The van der Waals surface area contributed by atoms with E-state index in [1.54, 1.807) is 0 Å². The molecule has 1 aliphatic rings. The van der Waals surface area contributed by atoms with E-state index in [1.807, 2.05) is 24.4 Å². The first-order valence-corrected chi connectivity index (χ1v) is 6.30. The highest BCUT2D eigenvalue weighted by Gasteiger charge is 2.29. The number of benzene rings is 1. The van der Waals surface area contributed by atoms with Crippen molar-refractivity contribution in [3.63, 3.8) is 0 Å². The summed E-state index contributed by atoms with van der Waals surface area (Å²) in [6, 6.07) is 7.83. The summed E-state index contributed by atoms with van der Waals surface area (Å²) in [4.78, 5) is 14.3. The number of rotatable bonds is 2. The Balaban J connectivity index is 2.11. The molecule has 0 amide bonds. The first-order valence-electron chi connectivity index (χ1n) is 6.30. The maximum atomic E-state index is 11.1. The number of aromatic nitrogens is 1. The highest BCUT2D eigenvalue weighted by molar-refractivity contribution is 5.85. The molecule has 0 saturated heterocycles. The van der Waals surface area contributed by atoms with E-state index in [0.29, 0.717) is 11.5 Å². The fraction of sp³-hybridized carbons (Fsp3) is 0.333. The first kappa shape index (κ1) is 11.0. The molecule has 2 atom stereocenters. The number of hydrogen-bond acceptors (Lipinski definition) is 2. The van der Waals surface area contributed by atoms with Crippen LogP contribution < -0.4 is 0 Å². The summed E-state index contributed by atoms with van der Waals surface area (Å²) in [6.45, 7) is 0. The summed E-state index contributed by atoms with van der Waals surface area (Å²) in [5.74, 6) is 0.444. The number of H-pyrrole nitrogens is 1. The van der Waals surface area contributed by atoms with Gasteiger partial charge < -0.3 is 9.78 Å². The van der Waals surface area contributed by atoms with Crippen LogP contribution in [0.5, 0.6) is 0 Å². The third-order valence-electron chi connectivity index (χ3n) is 3.99. The van der Waals surface area contributed by atoms with Crippen LogP contribution in [-0.2, 0) is 4.79 Å². The van der Waals surface area contributed by atoms with E-state index >= 15 is 0 Å². The van der Waals surface area contributed by atoms with Gasteiger partial charge in [-0.05, 0) is 42.5 Å². The lowest BCUT2D eigenvalue weighted by Gasteiger charge is -2.13. The maximum Gasteiger partial charge on any atom is 0.123 e. The Morgan fingerprint density at radius 3 is 3.06 bits per heavy atom. The number of carbonyl (C=O) groups excluding carboxylic acids is 1. The van der Waals surface area contributed by atoms with Crippen molar-refractivity contribution in [1.82, 2.24) is 4.98 Å². The normalized spacial score (nSPS) is 23.1. The third kappa shape index (κ3) is 1.62. The van der Waals surface area contributed by atoms with E-state index in [0.717, 1.165) is 36.5 Å². The molecule has 2 aromatic rings. The third-order valence-corrected chi connectivity index (χ3v) is 3.99. The van der Waals surface area contributed by atoms with E-state index in [2.05, 4.69) is 11.1 Å². The van der Waals surface area contributed by atoms with Crippen LogP contribution >= 0.6 is 0 Å². The van der Waals surface area contributed by atoms with Gasteiger partial charge in [0.15, 0.2) is 0 Å². The summed E-state index contributed by atoms with van der Waals surface area (Å²) in [7, 11) is 0. The number of nitriles is 1. The van der Waals surface area contributed by atoms with Gasteiger partial charge in [0.05, 0.1) is 11.6 Å². The van der Waals surface area contributed by atoms with Crippen LogP contribution in [0.1, 0.15) is 36.3 Å². The quantitative estimate of drug-likeness (QED) is 0.817. The van der Waals surface area contributed by atoms with Gasteiger partial charge in [0, 0.05) is 23.0 Å². The van der Waals surface area contributed by atoms with Crippen molar-refractivity contribution >= 4 is 17.2 Å². The fourth-order valence-corrected chi connectivity index (χ4v) is 3.06. The van der Waals surface area contributed by atoms with Crippen LogP contribution in [0.3, 0.4) is 0 Å². The second-order valence-corrected chi connectivity index (χ2v) is 4.95. The molecule has 1 N–H and O–H groups in total. The second kappa shape index (κ2) is 4.30. The number of carbonyl (C=O) groups is 1. The Morgan fingerprint density at radius 2 is 2.28 bits per heavy atom. The Morgan fingerprint density at radius 1 is 1.39 bits per heavy atom. The van der Waals surface area contributed by atoms with E-state index in [4.69, 9.17) is 5.26 Å². The summed E-state index contributed by atoms with van der Waals surface area (Å²) in [6.07, 6.45) is 6.24. The molecule has 0 unspecified atom stereocenters. The highest BCUT2D eigenvalue weighted by atomic mass is 16.1. The molecule has 1 saturated carbocycles. The van der Waals surface area contributed by atoms with Gasteiger partial charge in [-0.1, -0.05) is 6.42 Å². The number of nitrogens with one attached hydrogen (secondary N) is 1. The molecule has 3 rings (SSSR count). The predicted octanol–water partition coefficient (Wildman–Crippen LogP) is 3.12. The van der Waals surface area contributed by atoms with E-state index in [1.165, 1.54) is 5.56 Å². The molecule has 1 aromatic carbocycles. The van der Waals surface area contributed by atoms with Gasteiger partial charge in [0.25, 0.3) is 0 Å². The molecule has 1 fully saturated rings. The lowest BCUT2D eigenvalue weighted by atomic mass is 9.89. The van der Waals surface area contributed by atoms with Crippen LogP contribution in [0.2, 0.25) is 0 Å². The molecular weight excluding hydrogens is 224 g/mol. The van der Waals surface area contributed by atoms with E-state index in [-0.39, 0.29) is 5.92 Å². The van der Waals surface area contributed by atoms with Crippen LogP contribution in [0.25, 0.3) is 10.9 Å². The largest absolute Gasteiger partial charge is 0.361 e. The monoisotopic (exact) mass is 238 g/mol. The zero-order valence-electron chi connectivity index (χ0n) is 10.0. The molecule has 1 heterocycles. The lowest BCUT2D eigenvalue weighted by Crippen LogP contribution is -2.06. The van der Waals surface area contributed by atoms with Gasteiger partial charge in [-0.25, -0.2) is 0 Å². The molecule has 0 bridgehead atoms. The van der Waals surface area contributed by atoms with Gasteiger partial charge in [0.1, 0.15) is 6.29 Å². The molecule has 18 heavy (non-hydrogen) atoms. The summed E-state index contributed by atoms with van der Waals surface area (Å²) >= 11 is 0. The minimum atomic E-state index is 0.134. The molecule has 1 aliphatic carbocycles. The molecule has 1 aromatic heterocycles. The van der Waals surface area contributed by atoms with Crippen molar-refractivity contribution in [3.8, 4) is 6.07 Å². The zero-order valence-corrected chi connectivity index (χ0v) is 10.0. The molecule has 3 nitrogen and oxygen atoms in total.